The van der Waals surface area contributed by atoms with Gasteiger partial charge in [0.15, 0.2) is 0 Å². The van der Waals surface area contributed by atoms with Gasteiger partial charge in [0.1, 0.15) is 11.5 Å². The zero-order valence-electron chi connectivity index (χ0n) is 10.7. The number of carbonyl (C=O) groups is 1. The van der Waals surface area contributed by atoms with Gasteiger partial charge in [-0.15, -0.1) is 0 Å². The smallest absolute Gasteiger partial charge is 0.252 e. The molecular formula is C13H18BrNO3. The molecule has 100 valence electrons. The fourth-order valence-corrected chi connectivity index (χ4v) is 1.84. The lowest BCUT2D eigenvalue weighted by atomic mass is 10.2. The maximum absolute atomic E-state index is 11.3. The van der Waals surface area contributed by atoms with Crippen LogP contribution in [0.4, 0.5) is 0 Å². The highest BCUT2D eigenvalue weighted by Crippen LogP contribution is 2.33. The van der Waals surface area contributed by atoms with Crippen molar-refractivity contribution >= 4 is 21.8 Å². The van der Waals surface area contributed by atoms with Crippen molar-refractivity contribution in [1.82, 2.24) is 0 Å². The van der Waals surface area contributed by atoms with E-state index >= 15 is 0 Å². The number of hydrogen-bond acceptors (Lipinski definition) is 3. The molecule has 0 fully saturated rings. The summed E-state index contributed by atoms with van der Waals surface area (Å²) in [6.45, 7) is 5.17. The number of hydrogen-bond donors (Lipinski definition) is 1. The Labute approximate surface area is 116 Å². The fourth-order valence-electron chi connectivity index (χ4n) is 1.38. The van der Waals surface area contributed by atoms with Crippen LogP contribution in [0.15, 0.2) is 16.6 Å². The van der Waals surface area contributed by atoms with E-state index in [4.69, 9.17) is 15.2 Å². The molecule has 1 amide bonds. The molecule has 0 atom stereocenters. The molecule has 0 unspecified atom stereocenters. The highest BCUT2D eigenvalue weighted by Gasteiger charge is 2.14. The van der Waals surface area contributed by atoms with Gasteiger partial charge in [-0.2, -0.15) is 0 Å². The first-order chi connectivity index (χ1) is 8.60. The van der Waals surface area contributed by atoms with E-state index in [9.17, 15) is 4.79 Å². The Bertz CT molecular complexity index is 421. The second-order valence-electron chi connectivity index (χ2n) is 3.84. The topological polar surface area (TPSA) is 61.6 Å². The van der Waals surface area contributed by atoms with Crippen LogP contribution in [-0.4, -0.2) is 19.1 Å². The number of amides is 1. The minimum Gasteiger partial charge on any atom is -0.493 e. The Kier molecular flexibility index (Phi) is 5.98. The summed E-state index contributed by atoms with van der Waals surface area (Å²) in [5.41, 5.74) is 5.69. The maximum Gasteiger partial charge on any atom is 0.252 e. The van der Waals surface area contributed by atoms with Crippen molar-refractivity contribution in [2.45, 2.75) is 26.7 Å². The highest BCUT2D eigenvalue weighted by atomic mass is 79.9. The van der Waals surface area contributed by atoms with Gasteiger partial charge in [-0.25, -0.2) is 0 Å². The average Bonchev–Trinajstić information content (AvgIpc) is 2.35. The summed E-state index contributed by atoms with van der Waals surface area (Å²) in [6, 6.07) is 3.34. The van der Waals surface area contributed by atoms with Crippen molar-refractivity contribution in [2.75, 3.05) is 13.2 Å². The first-order valence-corrected chi connectivity index (χ1v) is 6.78. The van der Waals surface area contributed by atoms with E-state index in [1.807, 2.05) is 13.8 Å². The first kappa shape index (κ1) is 14.8. The Hall–Kier alpha value is -1.23. The van der Waals surface area contributed by atoms with Crippen molar-refractivity contribution in [2.24, 2.45) is 5.73 Å². The third kappa shape index (κ3) is 3.91. The summed E-state index contributed by atoms with van der Waals surface area (Å²) in [5, 5.41) is 0. The van der Waals surface area contributed by atoms with Gasteiger partial charge in [0, 0.05) is 6.07 Å². The van der Waals surface area contributed by atoms with Gasteiger partial charge in [0.25, 0.3) is 5.91 Å². The number of carbonyl (C=O) groups excluding carboxylic acids is 1. The summed E-state index contributed by atoms with van der Waals surface area (Å²) in [6.07, 6.45) is 1.77. The highest BCUT2D eigenvalue weighted by molar-refractivity contribution is 9.10. The van der Waals surface area contributed by atoms with Crippen LogP contribution in [0.2, 0.25) is 0 Å². The molecule has 0 spiro atoms. The Morgan fingerprint density at radius 2 is 1.72 bits per heavy atom. The number of ether oxygens (including phenoxy) is 2. The second-order valence-corrected chi connectivity index (χ2v) is 4.69. The van der Waals surface area contributed by atoms with E-state index in [0.717, 1.165) is 12.8 Å². The standard InChI is InChI=1S/C13H18BrNO3/c1-3-5-17-11-8-12(18-6-4-2)10(14)7-9(11)13(15)16/h7-8H,3-6H2,1-2H3,(H2,15,16). The van der Waals surface area contributed by atoms with Crippen LogP contribution in [0.5, 0.6) is 11.5 Å². The third-order valence-electron chi connectivity index (χ3n) is 2.22. The third-order valence-corrected chi connectivity index (χ3v) is 2.84. The van der Waals surface area contributed by atoms with Crippen LogP contribution in [0.1, 0.15) is 37.0 Å². The van der Waals surface area contributed by atoms with Gasteiger partial charge < -0.3 is 15.2 Å². The van der Waals surface area contributed by atoms with E-state index in [2.05, 4.69) is 15.9 Å². The van der Waals surface area contributed by atoms with Crippen LogP contribution in [0.25, 0.3) is 0 Å². The molecule has 2 N–H and O–H groups in total. The molecule has 0 heterocycles. The molecule has 0 bridgehead atoms. The van der Waals surface area contributed by atoms with Crippen LogP contribution in [-0.2, 0) is 0 Å². The molecule has 0 radical (unpaired) electrons. The summed E-state index contributed by atoms with van der Waals surface area (Å²) in [4.78, 5) is 11.3. The number of nitrogens with two attached hydrogens (primary N) is 1. The molecule has 0 aromatic heterocycles. The Morgan fingerprint density at radius 1 is 1.17 bits per heavy atom. The van der Waals surface area contributed by atoms with E-state index < -0.39 is 5.91 Å². The molecule has 18 heavy (non-hydrogen) atoms. The number of benzene rings is 1. The molecule has 1 aromatic rings. The zero-order chi connectivity index (χ0) is 13.5. The summed E-state index contributed by atoms with van der Waals surface area (Å²) in [5.74, 6) is 0.621. The molecule has 1 rings (SSSR count). The lowest BCUT2D eigenvalue weighted by Crippen LogP contribution is -2.14. The SMILES string of the molecule is CCCOc1cc(OCCC)c(C(N)=O)cc1Br. The second kappa shape index (κ2) is 7.26. The van der Waals surface area contributed by atoms with E-state index in [0.29, 0.717) is 34.7 Å². The molecule has 0 saturated heterocycles. The molecule has 5 heteroatoms. The van der Waals surface area contributed by atoms with Crippen LogP contribution < -0.4 is 15.2 Å². The minimum absolute atomic E-state index is 0.360. The first-order valence-electron chi connectivity index (χ1n) is 5.99. The van der Waals surface area contributed by atoms with Crippen molar-refractivity contribution in [3.05, 3.63) is 22.2 Å². The largest absolute Gasteiger partial charge is 0.493 e. The van der Waals surface area contributed by atoms with Gasteiger partial charge in [-0.1, -0.05) is 13.8 Å². The average molecular weight is 316 g/mol. The van der Waals surface area contributed by atoms with Gasteiger partial charge in [-0.05, 0) is 34.8 Å². The lowest BCUT2D eigenvalue weighted by Gasteiger charge is -2.13. The fraction of sp³-hybridized carbons (Fsp3) is 0.462. The summed E-state index contributed by atoms with van der Waals surface area (Å²) in [7, 11) is 0. The van der Waals surface area contributed by atoms with Gasteiger partial charge in [-0.3, -0.25) is 4.79 Å². The predicted octanol–water partition coefficient (Wildman–Crippen LogP) is 3.13. The molecule has 0 saturated carbocycles. The molecule has 0 aliphatic heterocycles. The number of halogens is 1. The van der Waals surface area contributed by atoms with Crippen LogP contribution in [0, 0.1) is 0 Å². The molecular weight excluding hydrogens is 298 g/mol. The van der Waals surface area contributed by atoms with Gasteiger partial charge >= 0.3 is 0 Å². The van der Waals surface area contributed by atoms with Crippen molar-refractivity contribution in [1.29, 1.82) is 0 Å². The Balaban J connectivity index is 3.05. The van der Waals surface area contributed by atoms with Gasteiger partial charge in [0.05, 0.1) is 23.2 Å². The molecule has 0 aliphatic carbocycles. The van der Waals surface area contributed by atoms with Crippen molar-refractivity contribution in [3.8, 4) is 11.5 Å². The molecule has 0 aliphatic rings. The zero-order valence-corrected chi connectivity index (χ0v) is 12.2. The predicted molar refractivity (Wildman–Crippen MR) is 74.2 cm³/mol. The quantitative estimate of drug-likeness (QED) is 0.840. The van der Waals surface area contributed by atoms with Crippen LogP contribution in [0.3, 0.4) is 0 Å². The maximum atomic E-state index is 11.3. The number of primary amides is 1. The van der Waals surface area contributed by atoms with E-state index in [-0.39, 0.29) is 0 Å². The van der Waals surface area contributed by atoms with E-state index in [1.54, 1.807) is 12.1 Å². The van der Waals surface area contributed by atoms with Crippen molar-refractivity contribution < 1.29 is 14.3 Å². The van der Waals surface area contributed by atoms with Crippen molar-refractivity contribution in [3.63, 3.8) is 0 Å². The van der Waals surface area contributed by atoms with Crippen LogP contribution >= 0.6 is 15.9 Å². The molecule has 4 nitrogen and oxygen atoms in total. The summed E-state index contributed by atoms with van der Waals surface area (Å²) < 4.78 is 11.8. The Morgan fingerprint density at radius 3 is 2.22 bits per heavy atom. The van der Waals surface area contributed by atoms with Gasteiger partial charge in [0.2, 0.25) is 0 Å². The number of rotatable bonds is 7. The van der Waals surface area contributed by atoms with E-state index in [1.165, 1.54) is 0 Å². The molecule has 1 aromatic carbocycles. The normalized spacial score (nSPS) is 10.2. The minimum atomic E-state index is -0.510. The monoisotopic (exact) mass is 315 g/mol. The lowest BCUT2D eigenvalue weighted by molar-refractivity contribution is 0.0996. The summed E-state index contributed by atoms with van der Waals surface area (Å²) >= 11 is 3.36.